The highest BCUT2D eigenvalue weighted by Crippen LogP contribution is 2.43. The molecule has 34 heavy (non-hydrogen) atoms. The van der Waals surface area contributed by atoms with E-state index in [0.717, 1.165) is 22.9 Å². The normalized spacial score (nSPS) is 17.4. The Labute approximate surface area is 206 Å². The highest BCUT2D eigenvalue weighted by Gasteiger charge is 2.50. The zero-order valence-electron chi connectivity index (χ0n) is 18.2. The molecule has 0 radical (unpaired) electrons. The van der Waals surface area contributed by atoms with Crippen LogP contribution in [0.25, 0.3) is 10.9 Å². The summed E-state index contributed by atoms with van der Waals surface area (Å²) < 4.78 is 0. The van der Waals surface area contributed by atoms with Gasteiger partial charge in [0.25, 0.3) is 5.91 Å². The van der Waals surface area contributed by atoms with Crippen LogP contribution in [0.3, 0.4) is 0 Å². The number of halogens is 2. The molecule has 1 aliphatic rings. The van der Waals surface area contributed by atoms with Crippen molar-refractivity contribution in [3.8, 4) is 0 Å². The van der Waals surface area contributed by atoms with Gasteiger partial charge in [0, 0.05) is 39.8 Å². The van der Waals surface area contributed by atoms with Crippen molar-refractivity contribution in [1.29, 1.82) is 0 Å². The maximum Gasteiger partial charge on any atom is 0.264 e. The molecule has 172 valence electrons. The van der Waals surface area contributed by atoms with Crippen LogP contribution in [0.4, 0.5) is 5.69 Å². The summed E-state index contributed by atoms with van der Waals surface area (Å²) in [7, 11) is 0. The van der Waals surface area contributed by atoms with Gasteiger partial charge in [-0.25, -0.2) is 0 Å². The number of H-pyrrole nitrogens is 1. The standard InChI is InChI=1S/C27H22Cl2N2O3/c28-18-11-12-23-20(14-18)17(16-30-23)6-5-13-31-24-10-4-2-8-21(24)27(34,26(31)33)15-25(32)19-7-1-3-9-22(19)29/h1-4,7-12,14,16,30,34H,5-6,13,15H2. The fourth-order valence-electron chi connectivity index (χ4n) is 4.70. The van der Waals surface area contributed by atoms with Gasteiger partial charge in [0.05, 0.1) is 17.1 Å². The predicted octanol–water partition coefficient (Wildman–Crippen LogP) is 5.91. The largest absolute Gasteiger partial charge is 0.375 e. The molecule has 4 aromatic rings. The van der Waals surface area contributed by atoms with Crippen LogP contribution in [-0.2, 0) is 16.8 Å². The van der Waals surface area contributed by atoms with Crippen molar-refractivity contribution in [2.75, 3.05) is 11.4 Å². The molecule has 1 unspecified atom stereocenters. The summed E-state index contributed by atoms with van der Waals surface area (Å²) in [6.07, 6.45) is 2.99. The van der Waals surface area contributed by atoms with Crippen LogP contribution >= 0.6 is 23.2 Å². The number of ketones is 1. The number of para-hydroxylation sites is 1. The first-order valence-electron chi connectivity index (χ1n) is 11.1. The lowest BCUT2D eigenvalue weighted by atomic mass is 9.88. The molecule has 1 aliphatic heterocycles. The summed E-state index contributed by atoms with van der Waals surface area (Å²) in [6, 6.07) is 19.5. The number of carbonyl (C=O) groups excluding carboxylic acids is 2. The first-order valence-corrected chi connectivity index (χ1v) is 11.8. The Bertz CT molecular complexity index is 1410. The summed E-state index contributed by atoms with van der Waals surface area (Å²) in [4.78, 5) is 31.3. The smallest absolute Gasteiger partial charge is 0.264 e. The molecular weight excluding hydrogens is 471 g/mol. The number of aliphatic hydroxyl groups is 1. The van der Waals surface area contributed by atoms with Crippen molar-refractivity contribution in [3.05, 3.63) is 99.7 Å². The second kappa shape index (κ2) is 8.91. The van der Waals surface area contributed by atoms with E-state index in [1.54, 1.807) is 47.4 Å². The van der Waals surface area contributed by atoms with Crippen LogP contribution in [0.5, 0.6) is 0 Å². The van der Waals surface area contributed by atoms with E-state index in [9.17, 15) is 14.7 Å². The number of Topliss-reactive ketones (excluding diaryl/α,β-unsaturated/α-hetero) is 1. The van der Waals surface area contributed by atoms with Gasteiger partial charge in [-0.1, -0.05) is 53.5 Å². The van der Waals surface area contributed by atoms with Crippen molar-refractivity contribution in [3.63, 3.8) is 0 Å². The molecular formula is C27H22Cl2N2O3. The number of aromatic nitrogens is 1. The monoisotopic (exact) mass is 492 g/mol. The summed E-state index contributed by atoms with van der Waals surface area (Å²) in [6.45, 7) is 0.408. The average Bonchev–Trinajstić information content (AvgIpc) is 3.31. The van der Waals surface area contributed by atoms with E-state index in [4.69, 9.17) is 23.2 Å². The molecule has 5 rings (SSSR count). The number of nitrogens with one attached hydrogen (secondary N) is 1. The fourth-order valence-corrected chi connectivity index (χ4v) is 5.11. The Morgan fingerprint density at radius 1 is 1.03 bits per heavy atom. The Hall–Kier alpha value is -3.12. The molecule has 0 saturated heterocycles. The van der Waals surface area contributed by atoms with Gasteiger partial charge >= 0.3 is 0 Å². The van der Waals surface area contributed by atoms with Gasteiger partial charge in [0.15, 0.2) is 11.4 Å². The topological polar surface area (TPSA) is 73.4 Å². The molecule has 1 amide bonds. The van der Waals surface area contributed by atoms with Gasteiger partial charge in [-0.05, 0) is 54.8 Å². The van der Waals surface area contributed by atoms with Gasteiger partial charge < -0.3 is 15.0 Å². The molecule has 0 fully saturated rings. The van der Waals surface area contributed by atoms with Gasteiger partial charge in [-0.15, -0.1) is 0 Å². The number of aromatic amines is 1. The molecule has 2 N–H and O–H groups in total. The predicted molar refractivity (Wildman–Crippen MR) is 135 cm³/mol. The van der Waals surface area contributed by atoms with Gasteiger partial charge in [0.2, 0.25) is 0 Å². The third kappa shape index (κ3) is 3.90. The first kappa shape index (κ1) is 22.7. The summed E-state index contributed by atoms with van der Waals surface area (Å²) in [5, 5.41) is 13.5. The Kier molecular flexibility index (Phi) is 5.94. The zero-order valence-corrected chi connectivity index (χ0v) is 19.7. The van der Waals surface area contributed by atoms with E-state index in [-0.39, 0.29) is 12.2 Å². The SMILES string of the molecule is O=C(CC1(O)C(=O)N(CCCc2c[nH]c3ccc(Cl)cc23)c2ccccc21)c1ccccc1Cl. The van der Waals surface area contributed by atoms with E-state index in [0.29, 0.717) is 39.8 Å². The van der Waals surface area contributed by atoms with Crippen LogP contribution < -0.4 is 4.90 Å². The number of hydrogen-bond acceptors (Lipinski definition) is 3. The number of fused-ring (bicyclic) bond motifs is 2. The molecule has 5 nitrogen and oxygen atoms in total. The van der Waals surface area contributed by atoms with E-state index >= 15 is 0 Å². The van der Waals surface area contributed by atoms with Crippen LogP contribution in [0, 0.1) is 0 Å². The average molecular weight is 493 g/mol. The third-order valence-corrected chi connectivity index (χ3v) is 6.95. The van der Waals surface area contributed by atoms with Crippen molar-refractivity contribution < 1.29 is 14.7 Å². The minimum Gasteiger partial charge on any atom is -0.375 e. The van der Waals surface area contributed by atoms with Gasteiger partial charge in [-0.3, -0.25) is 9.59 Å². The number of nitrogens with zero attached hydrogens (tertiary/aromatic N) is 1. The van der Waals surface area contributed by atoms with Crippen molar-refractivity contribution in [2.24, 2.45) is 0 Å². The first-order chi connectivity index (χ1) is 16.4. The van der Waals surface area contributed by atoms with Crippen molar-refractivity contribution in [1.82, 2.24) is 4.98 Å². The van der Waals surface area contributed by atoms with Crippen molar-refractivity contribution >= 4 is 51.5 Å². The molecule has 1 atom stereocenters. The minimum atomic E-state index is -1.93. The molecule has 0 bridgehead atoms. The number of carbonyl (C=O) groups is 2. The number of hydrogen-bond donors (Lipinski definition) is 2. The van der Waals surface area contributed by atoms with Crippen LogP contribution in [0.2, 0.25) is 10.0 Å². The third-order valence-electron chi connectivity index (χ3n) is 6.39. The Balaban J connectivity index is 1.36. The number of anilines is 1. The quantitative estimate of drug-likeness (QED) is 0.314. The molecule has 3 aromatic carbocycles. The van der Waals surface area contributed by atoms with Crippen LogP contribution in [0.1, 0.15) is 34.3 Å². The second-order valence-electron chi connectivity index (χ2n) is 8.52. The lowest BCUT2D eigenvalue weighted by molar-refractivity contribution is -0.135. The lowest BCUT2D eigenvalue weighted by Crippen LogP contribution is -2.42. The van der Waals surface area contributed by atoms with E-state index in [1.165, 1.54) is 0 Å². The fraction of sp³-hybridized carbons (Fsp3) is 0.185. The number of rotatable bonds is 7. The minimum absolute atomic E-state index is 0.291. The lowest BCUT2D eigenvalue weighted by Gasteiger charge is -2.23. The molecule has 0 aliphatic carbocycles. The zero-order chi connectivity index (χ0) is 23.9. The van der Waals surface area contributed by atoms with Gasteiger partial charge in [-0.2, -0.15) is 0 Å². The molecule has 2 heterocycles. The van der Waals surface area contributed by atoms with E-state index in [1.807, 2.05) is 30.5 Å². The van der Waals surface area contributed by atoms with Crippen molar-refractivity contribution in [2.45, 2.75) is 24.9 Å². The molecule has 1 aromatic heterocycles. The maximum atomic E-state index is 13.5. The van der Waals surface area contributed by atoms with Crippen LogP contribution in [-0.4, -0.2) is 28.3 Å². The Morgan fingerprint density at radius 2 is 1.79 bits per heavy atom. The highest BCUT2D eigenvalue weighted by molar-refractivity contribution is 6.34. The molecule has 0 saturated carbocycles. The van der Waals surface area contributed by atoms with Crippen LogP contribution in [0.15, 0.2) is 72.9 Å². The Morgan fingerprint density at radius 3 is 2.62 bits per heavy atom. The number of amides is 1. The number of aryl methyl sites for hydroxylation is 1. The van der Waals surface area contributed by atoms with E-state index in [2.05, 4.69) is 4.98 Å². The van der Waals surface area contributed by atoms with E-state index < -0.39 is 11.5 Å². The summed E-state index contributed by atoms with van der Waals surface area (Å²) in [5.41, 5.74) is 1.56. The molecule has 7 heteroatoms. The maximum absolute atomic E-state index is 13.5. The van der Waals surface area contributed by atoms with Gasteiger partial charge in [0.1, 0.15) is 0 Å². The highest BCUT2D eigenvalue weighted by atomic mass is 35.5. The summed E-state index contributed by atoms with van der Waals surface area (Å²) >= 11 is 12.3. The summed E-state index contributed by atoms with van der Waals surface area (Å²) in [5.74, 6) is -0.871. The second-order valence-corrected chi connectivity index (χ2v) is 9.37. The molecule has 0 spiro atoms. The number of benzene rings is 3.